The molecule has 1 N–H and O–H groups in total. The van der Waals surface area contributed by atoms with Crippen molar-refractivity contribution in [3.05, 3.63) is 32.8 Å². The summed E-state index contributed by atoms with van der Waals surface area (Å²) in [5.41, 5.74) is 1.13. The molecule has 0 atom stereocenters. The first-order valence-electron chi connectivity index (χ1n) is 5.54. The number of halogens is 1. The van der Waals surface area contributed by atoms with Crippen LogP contribution < -0.4 is 10.2 Å². The highest BCUT2D eigenvalue weighted by Gasteiger charge is 2.25. The summed E-state index contributed by atoms with van der Waals surface area (Å²) in [7, 11) is 0. The third kappa shape index (κ3) is 2.42. The molecule has 1 aliphatic rings. The van der Waals surface area contributed by atoms with Gasteiger partial charge < -0.3 is 10.2 Å². The molecule has 1 aliphatic heterocycles. The van der Waals surface area contributed by atoms with Crippen LogP contribution in [0.25, 0.3) is 0 Å². The molecule has 0 aromatic heterocycles. The fraction of sp³-hybridized carbons (Fsp3) is 0.455. The van der Waals surface area contributed by atoms with E-state index in [9.17, 15) is 10.1 Å². The summed E-state index contributed by atoms with van der Waals surface area (Å²) in [6.07, 6.45) is 0. The maximum Gasteiger partial charge on any atom is 0.270 e. The first kappa shape index (κ1) is 12.3. The molecular weight excluding hydrogens is 286 g/mol. The molecule has 0 amide bonds. The highest BCUT2D eigenvalue weighted by molar-refractivity contribution is 9.10. The van der Waals surface area contributed by atoms with Crippen molar-refractivity contribution in [1.29, 1.82) is 0 Å². The minimum absolute atomic E-state index is 0.114. The maximum atomic E-state index is 10.7. The van der Waals surface area contributed by atoms with Gasteiger partial charge in [-0.3, -0.25) is 10.1 Å². The Morgan fingerprint density at radius 1 is 1.59 bits per heavy atom. The molecule has 1 aromatic carbocycles. The molecular formula is C11H14BrN3O2. The highest BCUT2D eigenvalue weighted by Crippen LogP contribution is 2.31. The van der Waals surface area contributed by atoms with Crippen molar-refractivity contribution in [2.75, 3.05) is 24.5 Å². The Morgan fingerprint density at radius 3 is 2.71 bits per heavy atom. The van der Waals surface area contributed by atoms with E-state index in [1.807, 2.05) is 6.07 Å². The van der Waals surface area contributed by atoms with Gasteiger partial charge in [-0.15, -0.1) is 0 Å². The summed E-state index contributed by atoms with van der Waals surface area (Å²) < 4.78 is 0.778. The fourth-order valence-corrected chi connectivity index (χ4v) is 2.56. The van der Waals surface area contributed by atoms with E-state index in [-0.39, 0.29) is 10.6 Å². The number of benzene rings is 1. The second-order valence-electron chi connectivity index (χ2n) is 3.99. The molecule has 1 heterocycles. The molecule has 92 valence electrons. The van der Waals surface area contributed by atoms with Crippen LogP contribution in [-0.2, 0) is 0 Å². The Kier molecular flexibility index (Phi) is 3.63. The normalized spacial score (nSPS) is 15.4. The van der Waals surface area contributed by atoms with Gasteiger partial charge in [0.25, 0.3) is 5.69 Å². The third-order valence-electron chi connectivity index (χ3n) is 2.99. The minimum atomic E-state index is -0.379. The van der Waals surface area contributed by atoms with E-state index in [1.165, 1.54) is 0 Å². The Labute approximate surface area is 108 Å². The van der Waals surface area contributed by atoms with E-state index >= 15 is 0 Å². The van der Waals surface area contributed by atoms with Gasteiger partial charge in [-0.05, 0) is 28.9 Å². The standard InChI is InChI=1S/C11H14BrN3O2/c1-2-14(9-6-13-7-9)11-4-3-8(15(16)17)5-10(11)12/h3-5,9,13H,2,6-7H2,1H3. The minimum Gasteiger partial charge on any atom is -0.365 e. The van der Waals surface area contributed by atoms with Gasteiger partial charge in [0.05, 0.1) is 16.7 Å². The molecule has 1 aromatic rings. The van der Waals surface area contributed by atoms with Gasteiger partial charge in [0.15, 0.2) is 0 Å². The van der Waals surface area contributed by atoms with Gasteiger partial charge in [-0.2, -0.15) is 0 Å². The SMILES string of the molecule is CCN(c1ccc([N+](=O)[O-])cc1Br)C1CNC1. The van der Waals surface area contributed by atoms with Gasteiger partial charge in [-0.1, -0.05) is 0 Å². The van der Waals surface area contributed by atoms with Crippen LogP contribution in [0.1, 0.15) is 6.92 Å². The summed E-state index contributed by atoms with van der Waals surface area (Å²) in [4.78, 5) is 12.5. The molecule has 1 saturated heterocycles. The summed E-state index contributed by atoms with van der Waals surface area (Å²) in [5.74, 6) is 0. The van der Waals surface area contributed by atoms with Crippen molar-refractivity contribution in [2.24, 2.45) is 0 Å². The van der Waals surface area contributed by atoms with Crippen LogP contribution >= 0.6 is 15.9 Å². The van der Waals surface area contributed by atoms with Gasteiger partial charge in [-0.25, -0.2) is 0 Å². The van der Waals surface area contributed by atoms with Crippen LogP contribution in [0.4, 0.5) is 11.4 Å². The Bertz CT molecular complexity index is 435. The van der Waals surface area contributed by atoms with Crippen LogP contribution in [-0.4, -0.2) is 30.6 Å². The molecule has 0 aliphatic carbocycles. The molecule has 1 fully saturated rings. The fourth-order valence-electron chi connectivity index (χ4n) is 1.96. The van der Waals surface area contributed by atoms with E-state index in [0.717, 1.165) is 29.8 Å². The topological polar surface area (TPSA) is 58.4 Å². The predicted octanol–water partition coefficient (Wildman–Crippen LogP) is 2.16. The number of rotatable bonds is 4. The van der Waals surface area contributed by atoms with E-state index in [0.29, 0.717) is 6.04 Å². The quantitative estimate of drug-likeness (QED) is 0.684. The molecule has 0 bridgehead atoms. The van der Waals surface area contributed by atoms with Gasteiger partial charge in [0.1, 0.15) is 0 Å². The average molecular weight is 300 g/mol. The second kappa shape index (κ2) is 5.01. The van der Waals surface area contributed by atoms with Crippen LogP contribution in [0.5, 0.6) is 0 Å². The summed E-state index contributed by atoms with van der Waals surface area (Å²) >= 11 is 3.41. The molecule has 5 nitrogen and oxygen atoms in total. The number of likely N-dealkylation sites (N-methyl/N-ethyl adjacent to an activating group) is 1. The zero-order valence-corrected chi connectivity index (χ0v) is 11.1. The van der Waals surface area contributed by atoms with Crippen molar-refractivity contribution in [2.45, 2.75) is 13.0 Å². The van der Waals surface area contributed by atoms with Crippen LogP contribution in [0, 0.1) is 10.1 Å². The average Bonchev–Trinajstić information content (AvgIpc) is 2.23. The Morgan fingerprint density at radius 2 is 2.29 bits per heavy atom. The predicted molar refractivity (Wildman–Crippen MR) is 70.5 cm³/mol. The maximum absolute atomic E-state index is 10.7. The molecule has 0 spiro atoms. The largest absolute Gasteiger partial charge is 0.365 e. The molecule has 17 heavy (non-hydrogen) atoms. The van der Waals surface area contributed by atoms with Gasteiger partial charge in [0.2, 0.25) is 0 Å². The van der Waals surface area contributed by atoms with Crippen molar-refractivity contribution in [3.63, 3.8) is 0 Å². The second-order valence-corrected chi connectivity index (χ2v) is 4.85. The van der Waals surface area contributed by atoms with E-state index < -0.39 is 0 Å². The molecule has 2 rings (SSSR count). The van der Waals surface area contributed by atoms with E-state index in [1.54, 1.807) is 12.1 Å². The Hall–Kier alpha value is -1.14. The van der Waals surface area contributed by atoms with Crippen LogP contribution in [0.2, 0.25) is 0 Å². The van der Waals surface area contributed by atoms with Crippen LogP contribution in [0.3, 0.4) is 0 Å². The lowest BCUT2D eigenvalue weighted by Gasteiger charge is -2.39. The zero-order valence-electron chi connectivity index (χ0n) is 9.52. The summed E-state index contributed by atoms with van der Waals surface area (Å²) in [6.45, 7) is 4.92. The first-order chi connectivity index (χ1) is 8.13. The van der Waals surface area contributed by atoms with Gasteiger partial charge >= 0.3 is 0 Å². The smallest absolute Gasteiger partial charge is 0.270 e. The number of nitro groups is 1. The summed E-state index contributed by atoms with van der Waals surface area (Å²) in [6, 6.07) is 5.40. The van der Waals surface area contributed by atoms with Crippen molar-refractivity contribution >= 4 is 27.3 Å². The lowest BCUT2D eigenvalue weighted by atomic mass is 10.1. The van der Waals surface area contributed by atoms with E-state index in [4.69, 9.17) is 0 Å². The van der Waals surface area contributed by atoms with Crippen molar-refractivity contribution < 1.29 is 4.92 Å². The van der Waals surface area contributed by atoms with Crippen LogP contribution in [0.15, 0.2) is 22.7 Å². The number of anilines is 1. The summed E-state index contributed by atoms with van der Waals surface area (Å²) in [5, 5.41) is 13.9. The number of hydrogen-bond donors (Lipinski definition) is 1. The number of nitrogens with zero attached hydrogens (tertiary/aromatic N) is 2. The lowest BCUT2D eigenvalue weighted by Crippen LogP contribution is -2.57. The first-order valence-corrected chi connectivity index (χ1v) is 6.34. The number of non-ortho nitro benzene ring substituents is 1. The molecule has 0 radical (unpaired) electrons. The van der Waals surface area contributed by atoms with Crippen molar-refractivity contribution in [3.8, 4) is 0 Å². The zero-order chi connectivity index (χ0) is 12.4. The molecule has 0 saturated carbocycles. The molecule has 6 heteroatoms. The number of nitro benzene ring substituents is 1. The number of nitrogens with one attached hydrogen (secondary N) is 1. The monoisotopic (exact) mass is 299 g/mol. The number of hydrogen-bond acceptors (Lipinski definition) is 4. The Balaban J connectivity index is 2.27. The third-order valence-corrected chi connectivity index (χ3v) is 3.63. The van der Waals surface area contributed by atoms with Crippen molar-refractivity contribution in [1.82, 2.24) is 5.32 Å². The lowest BCUT2D eigenvalue weighted by molar-refractivity contribution is -0.384. The molecule has 0 unspecified atom stereocenters. The van der Waals surface area contributed by atoms with Gasteiger partial charge in [0, 0.05) is 36.2 Å². The van der Waals surface area contributed by atoms with E-state index in [2.05, 4.69) is 33.1 Å². The highest BCUT2D eigenvalue weighted by atomic mass is 79.9.